The van der Waals surface area contributed by atoms with E-state index >= 15 is 0 Å². The molecule has 0 spiro atoms. The van der Waals surface area contributed by atoms with Crippen LogP contribution in [0.1, 0.15) is 54.3 Å². The molecule has 0 bridgehead atoms. The van der Waals surface area contributed by atoms with Crippen LogP contribution in [0.4, 0.5) is 0 Å². The Hall–Kier alpha value is -0.570. The largest absolute Gasteiger partial charge is 0.341 e. The van der Waals surface area contributed by atoms with Gasteiger partial charge in [0.25, 0.3) is 0 Å². The minimum absolute atomic E-state index is 0. The Morgan fingerprint density at radius 3 is 2.50 bits per heavy atom. The molecule has 1 saturated heterocycles. The van der Waals surface area contributed by atoms with Crippen LogP contribution >= 0.6 is 0 Å². The zero-order chi connectivity index (χ0) is 12.4. The SMILES string of the molecule is CCC.CCC(=O)N1CCCCC(NC)C1.[HH]. The summed E-state index contributed by atoms with van der Waals surface area (Å²) in [6, 6.07) is 0.498. The van der Waals surface area contributed by atoms with Crippen molar-refractivity contribution in [2.45, 2.75) is 58.9 Å². The maximum Gasteiger partial charge on any atom is 0.222 e. The summed E-state index contributed by atoms with van der Waals surface area (Å²) < 4.78 is 0. The molecule has 1 aliphatic rings. The number of likely N-dealkylation sites (N-methyl/N-ethyl adjacent to an activating group) is 1. The molecule has 1 amide bonds. The monoisotopic (exact) mass is 230 g/mol. The molecule has 0 aromatic heterocycles. The van der Waals surface area contributed by atoms with E-state index in [2.05, 4.69) is 19.2 Å². The fourth-order valence-corrected chi connectivity index (χ4v) is 1.83. The summed E-state index contributed by atoms with van der Waals surface area (Å²) in [6.45, 7) is 8.02. The summed E-state index contributed by atoms with van der Waals surface area (Å²) in [6.07, 6.45) is 5.48. The van der Waals surface area contributed by atoms with E-state index in [9.17, 15) is 4.79 Å². The van der Waals surface area contributed by atoms with Crippen LogP contribution in [0.5, 0.6) is 0 Å². The van der Waals surface area contributed by atoms with E-state index < -0.39 is 0 Å². The molecule has 1 rings (SSSR count). The van der Waals surface area contributed by atoms with E-state index in [0.29, 0.717) is 18.4 Å². The van der Waals surface area contributed by atoms with Crippen LogP contribution < -0.4 is 5.32 Å². The lowest BCUT2D eigenvalue weighted by molar-refractivity contribution is -0.131. The molecule has 98 valence electrons. The fourth-order valence-electron chi connectivity index (χ4n) is 1.83. The van der Waals surface area contributed by atoms with Crippen molar-refractivity contribution in [2.24, 2.45) is 0 Å². The molecule has 3 heteroatoms. The highest BCUT2D eigenvalue weighted by atomic mass is 16.2. The minimum Gasteiger partial charge on any atom is -0.341 e. The molecule has 0 saturated carbocycles. The molecule has 0 radical (unpaired) electrons. The third kappa shape index (κ3) is 6.11. The Morgan fingerprint density at radius 2 is 2.00 bits per heavy atom. The van der Waals surface area contributed by atoms with E-state index in [4.69, 9.17) is 0 Å². The number of hydrogen-bond acceptors (Lipinski definition) is 2. The predicted octanol–water partition coefficient (Wildman–Crippen LogP) is 2.66. The van der Waals surface area contributed by atoms with Gasteiger partial charge in [-0.1, -0.05) is 33.6 Å². The van der Waals surface area contributed by atoms with Gasteiger partial charge >= 0.3 is 0 Å². The standard InChI is InChI=1S/C10H20N2O.C3H8.H2/c1-3-10(13)12-7-5-4-6-9(8-12)11-2;1-3-2;/h9,11H,3-8H2,1-2H3;3H2,1-2H3;1H. The molecule has 1 heterocycles. The molecule has 1 aliphatic heterocycles. The zero-order valence-electron chi connectivity index (χ0n) is 11.4. The van der Waals surface area contributed by atoms with Crippen LogP contribution in [0.3, 0.4) is 0 Å². The number of amides is 1. The van der Waals surface area contributed by atoms with Crippen molar-refractivity contribution in [3.05, 3.63) is 0 Å². The van der Waals surface area contributed by atoms with Gasteiger partial charge in [0.1, 0.15) is 0 Å². The van der Waals surface area contributed by atoms with Crippen LogP contribution in [0.15, 0.2) is 0 Å². The number of likely N-dealkylation sites (tertiary alicyclic amines) is 1. The predicted molar refractivity (Wildman–Crippen MR) is 71.6 cm³/mol. The number of carbonyl (C=O) groups is 1. The number of rotatable bonds is 2. The van der Waals surface area contributed by atoms with Gasteiger partial charge in [-0.2, -0.15) is 0 Å². The normalized spacial score (nSPS) is 20.8. The third-order valence-electron chi connectivity index (χ3n) is 2.73. The molecule has 0 aromatic carbocycles. The van der Waals surface area contributed by atoms with Gasteiger partial charge in [-0.25, -0.2) is 0 Å². The quantitative estimate of drug-likeness (QED) is 0.791. The molecular weight excluding hydrogens is 200 g/mol. The van der Waals surface area contributed by atoms with Gasteiger partial charge in [-0.15, -0.1) is 0 Å². The average molecular weight is 230 g/mol. The van der Waals surface area contributed by atoms with Crippen LogP contribution in [0.2, 0.25) is 0 Å². The van der Waals surface area contributed by atoms with Gasteiger partial charge < -0.3 is 10.2 Å². The summed E-state index contributed by atoms with van der Waals surface area (Å²) >= 11 is 0. The molecule has 1 N–H and O–H groups in total. The number of hydrogen-bond donors (Lipinski definition) is 1. The van der Waals surface area contributed by atoms with Crippen LogP contribution in [-0.4, -0.2) is 37.0 Å². The van der Waals surface area contributed by atoms with Crippen molar-refractivity contribution in [3.63, 3.8) is 0 Å². The zero-order valence-corrected chi connectivity index (χ0v) is 11.4. The molecule has 0 aromatic rings. The van der Waals surface area contributed by atoms with Gasteiger partial charge in [0.2, 0.25) is 5.91 Å². The highest BCUT2D eigenvalue weighted by Gasteiger charge is 2.19. The Bertz CT molecular complexity index is 188. The highest BCUT2D eigenvalue weighted by Crippen LogP contribution is 2.11. The maximum atomic E-state index is 11.5. The van der Waals surface area contributed by atoms with Crippen molar-refractivity contribution in [3.8, 4) is 0 Å². The summed E-state index contributed by atoms with van der Waals surface area (Å²) in [5.74, 6) is 0.294. The minimum atomic E-state index is 0. The number of carbonyl (C=O) groups excluding carboxylic acids is 1. The van der Waals surface area contributed by atoms with Gasteiger partial charge in [0.15, 0.2) is 0 Å². The van der Waals surface area contributed by atoms with Crippen molar-refractivity contribution in [1.29, 1.82) is 0 Å². The molecule has 1 fully saturated rings. The fraction of sp³-hybridized carbons (Fsp3) is 0.923. The summed E-state index contributed by atoms with van der Waals surface area (Å²) in [5, 5.41) is 3.26. The molecule has 0 aliphatic carbocycles. The maximum absolute atomic E-state index is 11.5. The Kier molecular flexibility index (Phi) is 9.30. The third-order valence-corrected chi connectivity index (χ3v) is 2.73. The van der Waals surface area contributed by atoms with Crippen LogP contribution in [-0.2, 0) is 4.79 Å². The average Bonchev–Trinajstić information content (AvgIpc) is 2.54. The number of nitrogens with one attached hydrogen (secondary N) is 1. The van der Waals surface area contributed by atoms with Crippen molar-refractivity contribution < 1.29 is 6.22 Å². The topological polar surface area (TPSA) is 32.3 Å². The Balaban J connectivity index is 0. The molecule has 16 heavy (non-hydrogen) atoms. The first kappa shape index (κ1) is 15.4. The van der Waals surface area contributed by atoms with Gasteiger partial charge in [0, 0.05) is 27.0 Å². The smallest absolute Gasteiger partial charge is 0.222 e. The van der Waals surface area contributed by atoms with Gasteiger partial charge in [0.05, 0.1) is 0 Å². The summed E-state index contributed by atoms with van der Waals surface area (Å²) in [5.41, 5.74) is 0. The van der Waals surface area contributed by atoms with E-state index in [0.717, 1.165) is 19.5 Å². The van der Waals surface area contributed by atoms with Crippen molar-refractivity contribution in [2.75, 3.05) is 20.1 Å². The summed E-state index contributed by atoms with van der Waals surface area (Å²) in [7, 11) is 1.98. The molecule has 3 nitrogen and oxygen atoms in total. The van der Waals surface area contributed by atoms with Crippen LogP contribution in [0, 0.1) is 0 Å². The van der Waals surface area contributed by atoms with Gasteiger partial charge in [-0.3, -0.25) is 4.79 Å². The first-order valence-corrected chi connectivity index (χ1v) is 6.64. The molecule has 1 unspecified atom stereocenters. The van der Waals surface area contributed by atoms with E-state index in [1.807, 2.05) is 18.9 Å². The highest BCUT2D eigenvalue weighted by molar-refractivity contribution is 5.75. The van der Waals surface area contributed by atoms with E-state index in [1.54, 1.807) is 0 Å². The second kappa shape index (κ2) is 9.64. The van der Waals surface area contributed by atoms with Crippen molar-refractivity contribution >= 4 is 5.91 Å². The second-order valence-electron chi connectivity index (χ2n) is 4.38. The van der Waals surface area contributed by atoms with Crippen molar-refractivity contribution in [1.82, 2.24) is 10.2 Å². The lowest BCUT2D eigenvalue weighted by Crippen LogP contribution is -2.40. The lowest BCUT2D eigenvalue weighted by Gasteiger charge is -2.23. The molecule has 1 atom stereocenters. The van der Waals surface area contributed by atoms with E-state index in [1.165, 1.54) is 19.3 Å². The van der Waals surface area contributed by atoms with Gasteiger partial charge in [-0.05, 0) is 19.9 Å². The summed E-state index contributed by atoms with van der Waals surface area (Å²) in [4.78, 5) is 13.5. The lowest BCUT2D eigenvalue weighted by atomic mass is 10.1. The Morgan fingerprint density at radius 1 is 1.38 bits per heavy atom. The number of nitrogens with zero attached hydrogens (tertiary/aromatic N) is 1. The van der Waals surface area contributed by atoms with E-state index in [-0.39, 0.29) is 1.43 Å². The van der Waals surface area contributed by atoms with Crippen LogP contribution in [0.25, 0.3) is 0 Å². The first-order valence-electron chi connectivity index (χ1n) is 6.64. The molecular formula is C13H30N2O. The second-order valence-corrected chi connectivity index (χ2v) is 4.38. The Labute approximate surface area is 102 Å². The first-order chi connectivity index (χ1) is 7.69.